The number of carbonyl (C=O) groups is 9. The second-order valence-corrected chi connectivity index (χ2v) is 15.7. The van der Waals surface area contributed by atoms with E-state index in [1.165, 1.54) is 0 Å². The third-order valence-electron chi connectivity index (χ3n) is 10.1. The van der Waals surface area contributed by atoms with Crippen molar-refractivity contribution in [3.63, 3.8) is 0 Å². The van der Waals surface area contributed by atoms with Crippen molar-refractivity contribution in [1.82, 2.24) is 15.7 Å². The van der Waals surface area contributed by atoms with E-state index < -0.39 is 41.7 Å². The van der Waals surface area contributed by atoms with Gasteiger partial charge in [-0.05, 0) is 74.3 Å². The number of Topliss-reactive ketones (excluding diaryl/α,β-unsaturated/α-hetero) is 2. The van der Waals surface area contributed by atoms with E-state index in [-0.39, 0.29) is 87.6 Å². The lowest BCUT2D eigenvalue weighted by atomic mass is 9.89. The van der Waals surface area contributed by atoms with Gasteiger partial charge in [-0.25, -0.2) is 9.59 Å². The SMILES string of the molecule is CC(C)[C@H](NC(=O)CCCCCC(=O)ON1C(=O)CCC1=O)C(=O)C[C@@H](CCCNC(N)=O)C(=O)Nc1ccc(COCC(=O)CCCCCCC(=O)Nc2ccccc2)cc1. The number of unbranched alkanes of at least 4 members (excludes halogenated alkanes) is 5. The average Bonchev–Trinajstić information content (AvgIpc) is 3.54. The number of ketones is 2. The van der Waals surface area contributed by atoms with E-state index in [9.17, 15) is 43.2 Å². The molecule has 2 aromatic carbocycles. The van der Waals surface area contributed by atoms with Crippen molar-refractivity contribution in [2.24, 2.45) is 17.6 Å². The zero-order valence-corrected chi connectivity index (χ0v) is 35.9. The molecule has 0 bridgehead atoms. The van der Waals surface area contributed by atoms with Crippen LogP contribution in [0.15, 0.2) is 54.6 Å². The fourth-order valence-electron chi connectivity index (χ4n) is 6.65. The third kappa shape index (κ3) is 20.1. The van der Waals surface area contributed by atoms with Gasteiger partial charge in [-0.3, -0.25) is 33.6 Å². The first-order valence-corrected chi connectivity index (χ1v) is 21.5. The summed E-state index contributed by atoms with van der Waals surface area (Å²) in [6, 6.07) is 14.7. The topological polar surface area (TPSA) is 249 Å². The molecule has 2 aromatic rings. The maximum Gasteiger partial charge on any atom is 0.333 e. The number of nitrogens with two attached hydrogens (primary N) is 1. The summed E-state index contributed by atoms with van der Waals surface area (Å²) in [5.41, 5.74) is 7.24. The van der Waals surface area contributed by atoms with Crippen LogP contribution in [0.4, 0.5) is 16.2 Å². The number of primary amides is 1. The van der Waals surface area contributed by atoms with Crippen LogP contribution in [0.5, 0.6) is 0 Å². The molecular formula is C45H62N6O11. The molecule has 6 N–H and O–H groups in total. The summed E-state index contributed by atoms with van der Waals surface area (Å²) in [6.45, 7) is 3.96. The zero-order chi connectivity index (χ0) is 45.3. The average molecular weight is 863 g/mol. The lowest BCUT2D eigenvalue weighted by molar-refractivity contribution is -0.197. The number of ether oxygens (including phenoxy) is 1. The summed E-state index contributed by atoms with van der Waals surface area (Å²) in [4.78, 5) is 116. The van der Waals surface area contributed by atoms with Gasteiger partial charge < -0.3 is 36.6 Å². The summed E-state index contributed by atoms with van der Waals surface area (Å²) in [5, 5.41) is 11.5. The predicted octanol–water partition coefficient (Wildman–Crippen LogP) is 5.41. The first-order chi connectivity index (χ1) is 29.7. The summed E-state index contributed by atoms with van der Waals surface area (Å²) >= 11 is 0. The standard InChI is InChI=1S/C45H62N6O11/c1-31(2)43(50-39(55)19-11-6-12-20-42(58)62-51-40(56)25-26-41(51)57)37(53)28-33(14-13-27-47-45(46)60)44(59)49-35-23-21-32(22-24-35)29-61-30-36(52)17-9-3-4-10-18-38(54)48-34-15-7-5-8-16-34/h5,7-8,15-16,21-24,31,33,43H,3-4,6,9-14,17-20,25-30H2,1-2H3,(H,48,54)(H,49,59)(H,50,55)(H3,46,47,60)/t33-,43+/m1/s1. The molecule has 0 radical (unpaired) electrons. The molecule has 338 valence electrons. The van der Waals surface area contributed by atoms with Gasteiger partial charge in [-0.1, -0.05) is 63.4 Å². The Morgan fingerprint density at radius 2 is 1.31 bits per heavy atom. The minimum Gasteiger partial charge on any atom is -0.369 e. The van der Waals surface area contributed by atoms with Crippen molar-refractivity contribution < 1.29 is 52.7 Å². The van der Waals surface area contributed by atoms with Gasteiger partial charge in [0.05, 0.1) is 12.6 Å². The Morgan fingerprint density at radius 3 is 1.95 bits per heavy atom. The number of benzene rings is 2. The summed E-state index contributed by atoms with van der Waals surface area (Å²) in [7, 11) is 0. The number of para-hydroxylation sites is 1. The van der Waals surface area contributed by atoms with E-state index in [1.54, 1.807) is 38.1 Å². The fraction of sp³-hybridized carbons (Fsp3) is 0.533. The number of amides is 7. The third-order valence-corrected chi connectivity index (χ3v) is 10.1. The van der Waals surface area contributed by atoms with E-state index in [4.69, 9.17) is 15.3 Å². The molecule has 3 rings (SSSR count). The van der Waals surface area contributed by atoms with Crippen LogP contribution in [-0.4, -0.2) is 77.4 Å². The number of hydrogen-bond acceptors (Lipinski definition) is 11. The number of anilines is 2. The van der Waals surface area contributed by atoms with Crippen molar-refractivity contribution in [3.05, 3.63) is 60.2 Å². The van der Waals surface area contributed by atoms with Crippen LogP contribution in [0.1, 0.15) is 122 Å². The number of rotatable bonds is 30. The molecule has 17 heteroatoms. The van der Waals surface area contributed by atoms with E-state index in [0.29, 0.717) is 49.3 Å². The molecule has 0 aliphatic carbocycles. The monoisotopic (exact) mass is 862 g/mol. The van der Waals surface area contributed by atoms with Crippen LogP contribution >= 0.6 is 0 Å². The maximum atomic E-state index is 13.6. The predicted molar refractivity (Wildman–Crippen MR) is 229 cm³/mol. The molecule has 62 heavy (non-hydrogen) atoms. The minimum atomic E-state index is -0.858. The highest BCUT2D eigenvalue weighted by molar-refractivity contribution is 6.01. The quantitative estimate of drug-likeness (QED) is 0.0491. The second-order valence-electron chi connectivity index (χ2n) is 15.7. The number of nitrogens with one attached hydrogen (secondary N) is 4. The van der Waals surface area contributed by atoms with E-state index in [0.717, 1.165) is 36.9 Å². The highest BCUT2D eigenvalue weighted by Gasteiger charge is 2.33. The molecule has 1 aliphatic rings. The Hall–Kier alpha value is -5.97. The summed E-state index contributed by atoms with van der Waals surface area (Å²) in [6.07, 6.45) is 5.79. The lowest BCUT2D eigenvalue weighted by Gasteiger charge is -2.24. The highest BCUT2D eigenvalue weighted by Crippen LogP contribution is 2.20. The Labute approximate surface area is 362 Å². The van der Waals surface area contributed by atoms with Gasteiger partial charge in [-0.15, -0.1) is 5.06 Å². The Balaban J connectivity index is 1.39. The Kier molecular flexibility index (Phi) is 22.6. The zero-order valence-electron chi connectivity index (χ0n) is 35.9. The smallest absolute Gasteiger partial charge is 0.333 e. The van der Waals surface area contributed by atoms with Gasteiger partial charge in [0.15, 0.2) is 11.6 Å². The van der Waals surface area contributed by atoms with Gasteiger partial charge in [0, 0.05) is 68.8 Å². The molecule has 7 amide bonds. The van der Waals surface area contributed by atoms with Crippen molar-refractivity contribution in [1.29, 1.82) is 0 Å². The van der Waals surface area contributed by atoms with Crippen LogP contribution in [0.2, 0.25) is 0 Å². The number of nitrogens with zero attached hydrogens (tertiary/aromatic N) is 1. The fourth-order valence-corrected chi connectivity index (χ4v) is 6.65. The van der Waals surface area contributed by atoms with Gasteiger partial charge in [0.1, 0.15) is 6.61 Å². The number of imide groups is 1. The van der Waals surface area contributed by atoms with E-state index in [2.05, 4.69) is 21.3 Å². The van der Waals surface area contributed by atoms with Crippen molar-refractivity contribution in [2.45, 2.75) is 129 Å². The van der Waals surface area contributed by atoms with Crippen LogP contribution in [0.3, 0.4) is 0 Å². The number of hydrogen-bond donors (Lipinski definition) is 5. The summed E-state index contributed by atoms with van der Waals surface area (Å²) in [5.74, 6) is -4.01. The van der Waals surface area contributed by atoms with Crippen LogP contribution in [0, 0.1) is 11.8 Å². The molecule has 0 saturated carbocycles. The largest absolute Gasteiger partial charge is 0.369 e. The van der Waals surface area contributed by atoms with Crippen molar-refractivity contribution >= 4 is 64.5 Å². The Morgan fingerprint density at radius 1 is 0.710 bits per heavy atom. The highest BCUT2D eigenvalue weighted by atomic mass is 16.7. The van der Waals surface area contributed by atoms with Crippen molar-refractivity contribution in [2.75, 3.05) is 23.8 Å². The first kappa shape index (κ1) is 50.4. The van der Waals surface area contributed by atoms with Gasteiger partial charge in [-0.2, -0.15) is 0 Å². The van der Waals surface area contributed by atoms with E-state index >= 15 is 0 Å². The molecule has 1 saturated heterocycles. The molecule has 0 spiro atoms. The molecule has 2 atom stereocenters. The molecule has 1 aliphatic heterocycles. The number of hydroxylamine groups is 2. The van der Waals surface area contributed by atoms with E-state index in [1.807, 2.05) is 30.3 Å². The first-order valence-electron chi connectivity index (χ1n) is 21.5. The van der Waals surface area contributed by atoms with Crippen LogP contribution in [0.25, 0.3) is 0 Å². The normalized spacial score (nSPS) is 13.3. The summed E-state index contributed by atoms with van der Waals surface area (Å²) < 4.78 is 5.63. The van der Waals surface area contributed by atoms with Gasteiger partial charge >= 0.3 is 12.0 Å². The number of carbonyl (C=O) groups excluding carboxylic acids is 9. The molecule has 17 nitrogen and oxygen atoms in total. The van der Waals surface area contributed by atoms with Crippen LogP contribution < -0.4 is 27.0 Å². The minimum absolute atomic E-state index is 0.00654. The molecule has 1 fully saturated rings. The lowest BCUT2D eigenvalue weighted by Crippen LogP contribution is -2.45. The van der Waals surface area contributed by atoms with Gasteiger partial charge in [0.25, 0.3) is 11.8 Å². The second kappa shape index (κ2) is 27.8. The van der Waals surface area contributed by atoms with Crippen LogP contribution in [-0.2, 0) is 54.5 Å². The molecular weight excluding hydrogens is 801 g/mol. The molecule has 0 unspecified atom stereocenters. The van der Waals surface area contributed by atoms with Gasteiger partial charge in [0.2, 0.25) is 17.7 Å². The maximum absolute atomic E-state index is 13.6. The molecule has 1 heterocycles. The number of urea groups is 1. The molecule has 0 aromatic heterocycles. The van der Waals surface area contributed by atoms with Crippen molar-refractivity contribution in [3.8, 4) is 0 Å². The Bertz CT molecular complexity index is 1800.